The van der Waals surface area contributed by atoms with Crippen molar-refractivity contribution >= 4 is 15.9 Å². The molecule has 3 heteroatoms. The van der Waals surface area contributed by atoms with E-state index in [0.29, 0.717) is 6.04 Å². The minimum absolute atomic E-state index is 0.375. The molecule has 1 unspecified atom stereocenters. The van der Waals surface area contributed by atoms with E-state index in [0.717, 1.165) is 29.8 Å². The van der Waals surface area contributed by atoms with Crippen LogP contribution in [-0.2, 0) is 0 Å². The van der Waals surface area contributed by atoms with Crippen molar-refractivity contribution in [3.63, 3.8) is 0 Å². The molecule has 0 aliphatic heterocycles. The molecular weight excluding hydrogens is 290 g/mol. The van der Waals surface area contributed by atoms with Gasteiger partial charge in [-0.1, -0.05) is 32.8 Å². The van der Waals surface area contributed by atoms with Crippen LogP contribution in [0.2, 0.25) is 0 Å². The Morgan fingerprint density at radius 3 is 2.67 bits per heavy atom. The number of unbranched alkanes of at least 4 members (excludes halogenated alkanes) is 2. The molecule has 0 aromatic heterocycles. The summed E-state index contributed by atoms with van der Waals surface area (Å²) in [5.41, 5.74) is 1.28. The van der Waals surface area contributed by atoms with E-state index in [1.807, 2.05) is 0 Å². The maximum Gasteiger partial charge on any atom is 0.133 e. The quantitative estimate of drug-likeness (QED) is 0.703. The molecule has 0 amide bonds. The molecule has 0 saturated heterocycles. The van der Waals surface area contributed by atoms with E-state index < -0.39 is 0 Å². The van der Waals surface area contributed by atoms with Crippen LogP contribution in [0.5, 0.6) is 5.75 Å². The van der Waals surface area contributed by atoms with Gasteiger partial charge in [0.25, 0.3) is 0 Å². The lowest BCUT2D eigenvalue weighted by molar-refractivity contribution is 0.304. The van der Waals surface area contributed by atoms with Crippen LogP contribution in [0, 0.1) is 0 Å². The summed E-state index contributed by atoms with van der Waals surface area (Å²) in [4.78, 5) is 0. The second-order valence-corrected chi connectivity index (χ2v) is 5.38. The normalized spacial score (nSPS) is 12.4. The molecule has 0 saturated carbocycles. The highest BCUT2D eigenvalue weighted by Gasteiger charge is 2.07. The second kappa shape index (κ2) is 8.54. The van der Waals surface area contributed by atoms with Crippen LogP contribution in [-0.4, -0.2) is 13.2 Å². The smallest absolute Gasteiger partial charge is 0.133 e. The van der Waals surface area contributed by atoms with Gasteiger partial charge in [0.15, 0.2) is 0 Å². The predicted octanol–water partition coefficient (Wildman–Crippen LogP) is 4.69. The van der Waals surface area contributed by atoms with Crippen molar-refractivity contribution in [2.75, 3.05) is 13.2 Å². The van der Waals surface area contributed by atoms with Crippen molar-refractivity contribution in [2.24, 2.45) is 0 Å². The summed E-state index contributed by atoms with van der Waals surface area (Å²) in [7, 11) is 0. The van der Waals surface area contributed by atoms with Crippen LogP contribution in [0.15, 0.2) is 22.7 Å². The Labute approximate surface area is 119 Å². The van der Waals surface area contributed by atoms with Crippen molar-refractivity contribution in [3.8, 4) is 5.75 Å². The number of rotatable bonds is 8. The van der Waals surface area contributed by atoms with Gasteiger partial charge in [-0.15, -0.1) is 0 Å². The summed E-state index contributed by atoms with van der Waals surface area (Å²) >= 11 is 3.58. The lowest BCUT2D eigenvalue weighted by Crippen LogP contribution is -2.17. The van der Waals surface area contributed by atoms with Crippen LogP contribution in [0.3, 0.4) is 0 Å². The molecule has 0 radical (unpaired) electrons. The third-order valence-corrected chi connectivity index (χ3v) is 3.59. The maximum atomic E-state index is 5.77. The molecule has 0 aliphatic carbocycles. The number of hydrogen-bond donors (Lipinski definition) is 1. The van der Waals surface area contributed by atoms with E-state index >= 15 is 0 Å². The number of nitrogens with one attached hydrogen (secondary N) is 1. The lowest BCUT2D eigenvalue weighted by atomic mass is 10.1. The van der Waals surface area contributed by atoms with E-state index in [1.54, 1.807) is 0 Å². The fourth-order valence-electron chi connectivity index (χ4n) is 1.86. The number of halogens is 1. The van der Waals surface area contributed by atoms with Gasteiger partial charge in [-0.3, -0.25) is 0 Å². The first kappa shape index (κ1) is 15.5. The Hall–Kier alpha value is -0.540. The topological polar surface area (TPSA) is 21.3 Å². The Kier molecular flexibility index (Phi) is 7.36. The van der Waals surface area contributed by atoms with Crippen molar-refractivity contribution < 1.29 is 4.74 Å². The minimum Gasteiger partial charge on any atom is -0.492 e. The first-order chi connectivity index (χ1) is 8.69. The first-order valence-electron chi connectivity index (χ1n) is 6.84. The molecule has 2 nitrogen and oxygen atoms in total. The molecule has 1 aromatic carbocycles. The first-order valence-corrected chi connectivity index (χ1v) is 7.64. The summed E-state index contributed by atoms with van der Waals surface area (Å²) in [6.07, 6.45) is 3.58. The highest BCUT2D eigenvalue weighted by molar-refractivity contribution is 9.10. The van der Waals surface area contributed by atoms with Crippen LogP contribution < -0.4 is 10.1 Å². The van der Waals surface area contributed by atoms with Crippen molar-refractivity contribution in [1.82, 2.24) is 5.32 Å². The van der Waals surface area contributed by atoms with Crippen molar-refractivity contribution in [1.29, 1.82) is 0 Å². The molecule has 1 aromatic rings. The highest BCUT2D eigenvalue weighted by Crippen LogP contribution is 2.28. The van der Waals surface area contributed by atoms with Crippen molar-refractivity contribution in [2.45, 2.75) is 46.1 Å². The summed E-state index contributed by atoms with van der Waals surface area (Å²) < 4.78 is 6.81. The fourth-order valence-corrected chi connectivity index (χ4v) is 2.37. The molecule has 0 spiro atoms. The van der Waals surface area contributed by atoms with Crippen LogP contribution in [0.4, 0.5) is 0 Å². The predicted molar refractivity (Wildman–Crippen MR) is 81.3 cm³/mol. The standard InChI is InChI=1S/C15H24BrNO/c1-4-6-7-10-18-15-9-8-13(11-14(15)16)12(3)17-5-2/h8-9,11-12,17H,4-7,10H2,1-3H3. The second-order valence-electron chi connectivity index (χ2n) is 4.52. The van der Waals surface area contributed by atoms with Crippen LogP contribution >= 0.6 is 15.9 Å². The van der Waals surface area contributed by atoms with Gasteiger partial charge in [-0.2, -0.15) is 0 Å². The van der Waals surface area contributed by atoms with Crippen LogP contribution in [0.1, 0.15) is 51.6 Å². The highest BCUT2D eigenvalue weighted by atomic mass is 79.9. The van der Waals surface area contributed by atoms with Gasteiger partial charge in [0.05, 0.1) is 11.1 Å². The molecule has 0 fully saturated rings. The van der Waals surface area contributed by atoms with Gasteiger partial charge in [0.1, 0.15) is 5.75 Å². The summed E-state index contributed by atoms with van der Waals surface area (Å²) in [5, 5.41) is 3.41. The zero-order valence-electron chi connectivity index (χ0n) is 11.6. The largest absolute Gasteiger partial charge is 0.492 e. The third kappa shape index (κ3) is 4.99. The molecular formula is C15H24BrNO. The average Bonchev–Trinajstić information content (AvgIpc) is 2.36. The van der Waals surface area contributed by atoms with E-state index in [-0.39, 0.29) is 0 Å². The third-order valence-electron chi connectivity index (χ3n) is 2.97. The van der Waals surface area contributed by atoms with Gasteiger partial charge < -0.3 is 10.1 Å². The van der Waals surface area contributed by atoms with Gasteiger partial charge in [-0.05, 0) is 53.5 Å². The molecule has 1 atom stereocenters. The number of hydrogen-bond acceptors (Lipinski definition) is 2. The monoisotopic (exact) mass is 313 g/mol. The Morgan fingerprint density at radius 2 is 2.06 bits per heavy atom. The fraction of sp³-hybridized carbons (Fsp3) is 0.600. The maximum absolute atomic E-state index is 5.77. The van der Waals surface area contributed by atoms with E-state index in [4.69, 9.17) is 4.74 Å². The average molecular weight is 314 g/mol. The summed E-state index contributed by atoms with van der Waals surface area (Å²) in [6, 6.07) is 6.70. The number of ether oxygens (including phenoxy) is 1. The molecule has 1 N–H and O–H groups in total. The Morgan fingerprint density at radius 1 is 1.28 bits per heavy atom. The van der Waals surface area contributed by atoms with Crippen LogP contribution in [0.25, 0.3) is 0 Å². The summed E-state index contributed by atoms with van der Waals surface area (Å²) in [5.74, 6) is 0.943. The SMILES string of the molecule is CCCCCOc1ccc(C(C)NCC)cc1Br. The van der Waals surface area contributed by atoms with E-state index in [9.17, 15) is 0 Å². The molecule has 1 rings (SSSR count). The minimum atomic E-state index is 0.375. The van der Waals surface area contributed by atoms with Gasteiger partial charge in [0, 0.05) is 6.04 Å². The van der Waals surface area contributed by atoms with Crippen molar-refractivity contribution in [3.05, 3.63) is 28.2 Å². The van der Waals surface area contributed by atoms with Gasteiger partial charge in [0.2, 0.25) is 0 Å². The Balaban J connectivity index is 2.56. The molecule has 0 bridgehead atoms. The van der Waals surface area contributed by atoms with E-state index in [2.05, 4.69) is 60.2 Å². The molecule has 0 heterocycles. The molecule has 18 heavy (non-hydrogen) atoms. The van der Waals surface area contributed by atoms with Gasteiger partial charge >= 0.3 is 0 Å². The molecule has 102 valence electrons. The molecule has 0 aliphatic rings. The Bertz CT molecular complexity index is 354. The lowest BCUT2D eigenvalue weighted by Gasteiger charge is -2.15. The van der Waals surface area contributed by atoms with Gasteiger partial charge in [-0.25, -0.2) is 0 Å². The zero-order valence-corrected chi connectivity index (χ0v) is 13.2. The number of benzene rings is 1. The van der Waals surface area contributed by atoms with E-state index in [1.165, 1.54) is 18.4 Å². The summed E-state index contributed by atoms with van der Waals surface area (Å²) in [6.45, 7) is 8.28. The zero-order chi connectivity index (χ0) is 13.4.